The number of halogens is 1. The van der Waals surface area contributed by atoms with Crippen molar-refractivity contribution in [3.05, 3.63) is 11.8 Å². The summed E-state index contributed by atoms with van der Waals surface area (Å²) in [5.41, 5.74) is 0.0705. The molecule has 0 amide bonds. The molecule has 0 unspecified atom stereocenters. The van der Waals surface area contributed by atoms with Crippen LogP contribution >= 0.6 is 11.6 Å². The number of ether oxygens (including phenoxy) is 1. The van der Waals surface area contributed by atoms with Crippen molar-refractivity contribution in [2.75, 3.05) is 0 Å². The third kappa shape index (κ3) is 1.98. The summed E-state index contributed by atoms with van der Waals surface area (Å²) < 4.78 is 6.29. The summed E-state index contributed by atoms with van der Waals surface area (Å²) in [7, 11) is 0. The number of aryl methyl sites for hydroxylation is 2. The molecule has 4 nitrogen and oxygen atoms in total. The average molecular weight is 189 g/mol. The number of carbonyl (C=O) groups is 1. The second-order valence-corrected chi connectivity index (χ2v) is 2.59. The van der Waals surface area contributed by atoms with Gasteiger partial charge in [-0.1, -0.05) is 0 Å². The van der Waals surface area contributed by atoms with E-state index >= 15 is 0 Å². The van der Waals surface area contributed by atoms with Gasteiger partial charge in [0.15, 0.2) is 0 Å². The highest BCUT2D eigenvalue weighted by atomic mass is 35.5. The SMILES string of the molecule is CCn1nc(OC(=O)Cl)cc1C. The van der Waals surface area contributed by atoms with E-state index in [9.17, 15) is 4.79 Å². The number of nitrogens with zero attached hydrogens (tertiary/aromatic N) is 2. The van der Waals surface area contributed by atoms with Gasteiger partial charge in [0.1, 0.15) is 0 Å². The van der Waals surface area contributed by atoms with E-state index < -0.39 is 5.43 Å². The molecule has 0 N–H and O–H groups in total. The maximum absolute atomic E-state index is 10.3. The Hall–Kier alpha value is -1.03. The molecule has 0 spiro atoms. The Labute approximate surface area is 75.1 Å². The Kier molecular flexibility index (Phi) is 2.70. The predicted molar refractivity (Wildman–Crippen MR) is 44.5 cm³/mol. The quantitative estimate of drug-likeness (QED) is 0.667. The van der Waals surface area contributed by atoms with Crippen molar-refractivity contribution < 1.29 is 9.53 Å². The molecule has 12 heavy (non-hydrogen) atoms. The van der Waals surface area contributed by atoms with Gasteiger partial charge < -0.3 is 4.74 Å². The highest BCUT2D eigenvalue weighted by Crippen LogP contribution is 2.11. The van der Waals surface area contributed by atoms with Gasteiger partial charge in [-0.25, -0.2) is 4.79 Å². The molecular formula is C7H9ClN2O2. The van der Waals surface area contributed by atoms with E-state index in [0.29, 0.717) is 0 Å². The zero-order valence-corrected chi connectivity index (χ0v) is 7.63. The fourth-order valence-electron chi connectivity index (χ4n) is 0.932. The van der Waals surface area contributed by atoms with Crippen molar-refractivity contribution in [3.8, 4) is 5.88 Å². The van der Waals surface area contributed by atoms with E-state index in [2.05, 4.69) is 9.84 Å². The maximum Gasteiger partial charge on any atom is 0.410 e. The smallest absolute Gasteiger partial charge is 0.394 e. The van der Waals surface area contributed by atoms with E-state index in [4.69, 9.17) is 11.6 Å². The van der Waals surface area contributed by atoms with Crippen LogP contribution in [-0.4, -0.2) is 15.2 Å². The summed E-state index contributed by atoms with van der Waals surface area (Å²) in [5, 5.41) is 3.96. The van der Waals surface area contributed by atoms with Crippen LogP contribution in [0.5, 0.6) is 5.88 Å². The Morgan fingerprint density at radius 3 is 2.92 bits per heavy atom. The second-order valence-electron chi connectivity index (χ2n) is 2.28. The third-order valence-electron chi connectivity index (χ3n) is 1.44. The second kappa shape index (κ2) is 3.58. The number of aromatic nitrogens is 2. The summed E-state index contributed by atoms with van der Waals surface area (Å²) in [4.78, 5) is 10.3. The first kappa shape index (κ1) is 9.06. The third-order valence-corrected chi connectivity index (χ3v) is 1.52. The van der Waals surface area contributed by atoms with Crippen LogP contribution in [0.15, 0.2) is 6.07 Å². The van der Waals surface area contributed by atoms with Crippen LogP contribution in [-0.2, 0) is 6.54 Å². The Morgan fingerprint density at radius 1 is 1.83 bits per heavy atom. The van der Waals surface area contributed by atoms with Crippen LogP contribution < -0.4 is 4.74 Å². The monoisotopic (exact) mass is 188 g/mol. The number of hydrogen-bond donors (Lipinski definition) is 0. The first-order valence-corrected chi connectivity index (χ1v) is 3.93. The molecule has 0 aliphatic heterocycles. The molecule has 66 valence electrons. The molecule has 0 atom stereocenters. The normalized spacial score (nSPS) is 9.92. The lowest BCUT2D eigenvalue weighted by atomic mass is 10.5. The van der Waals surface area contributed by atoms with Crippen LogP contribution in [0.4, 0.5) is 4.79 Å². The van der Waals surface area contributed by atoms with Gasteiger partial charge in [-0.15, -0.1) is 5.10 Å². The predicted octanol–water partition coefficient (Wildman–Crippen LogP) is 1.95. The van der Waals surface area contributed by atoms with Crippen LogP contribution in [0.25, 0.3) is 0 Å². The van der Waals surface area contributed by atoms with Crippen molar-refractivity contribution in [3.63, 3.8) is 0 Å². The summed E-state index contributed by atoms with van der Waals surface area (Å²) in [6, 6.07) is 1.66. The summed E-state index contributed by atoms with van der Waals surface area (Å²) in [6.45, 7) is 4.57. The van der Waals surface area contributed by atoms with Crippen LogP contribution in [0, 0.1) is 6.92 Å². The molecule has 0 aromatic carbocycles. The van der Waals surface area contributed by atoms with Gasteiger partial charge >= 0.3 is 5.43 Å². The standard InChI is InChI=1S/C7H9ClN2O2/c1-3-10-5(2)4-6(9-10)12-7(8)11/h4H,3H2,1-2H3. The zero-order chi connectivity index (χ0) is 9.14. The van der Waals surface area contributed by atoms with E-state index in [0.717, 1.165) is 12.2 Å². The first-order chi connectivity index (χ1) is 5.63. The summed E-state index contributed by atoms with van der Waals surface area (Å²) in [6.07, 6.45) is 0. The molecule has 0 fully saturated rings. The molecule has 1 rings (SSSR count). The van der Waals surface area contributed by atoms with Gasteiger partial charge in [0.2, 0.25) is 5.88 Å². The Morgan fingerprint density at radius 2 is 2.50 bits per heavy atom. The fourth-order valence-corrected chi connectivity index (χ4v) is 1.01. The lowest BCUT2D eigenvalue weighted by Gasteiger charge is -1.95. The van der Waals surface area contributed by atoms with E-state index in [-0.39, 0.29) is 5.88 Å². The van der Waals surface area contributed by atoms with Crippen molar-refractivity contribution in [2.45, 2.75) is 20.4 Å². The van der Waals surface area contributed by atoms with E-state index in [1.54, 1.807) is 10.7 Å². The molecule has 0 aliphatic rings. The molecule has 1 aromatic heterocycles. The lowest BCUT2D eigenvalue weighted by molar-refractivity contribution is 0.223. The van der Waals surface area contributed by atoms with Gasteiger partial charge in [0, 0.05) is 29.9 Å². The highest BCUT2D eigenvalue weighted by molar-refractivity contribution is 6.61. The van der Waals surface area contributed by atoms with Crippen LogP contribution in [0.3, 0.4) is 0 Å². The summed E-state index contributed by atoms with van der Waals surface area (Å²) >= 11 is 5.01. The molecule has 0 saturated heterocycles. The number of carbonyl (C=O) groups excluding carboxylic acids is 1. The first-order valence-electron chi connectivity index (χ1n) is 3.55. The molecular weight excluding hydrogens is 180 g/mol. The minimum Gasteiger partial charge on any atom is -0.394 e. The molecule has 0 bridgehead atoms. The molecule has 1 aromatic rings. The molecule has 5 heteroatoms. The van der Waals surface area contributed by atoms with Gasteiger partial charge in [-0.3, -0.25) is 4.68 Å². The number of hydrogen-bond acceptors (Lipinski definition) is 3. The van der Waals surface area contributed by atoms with Gasteiger partial charge in [0.05, 0.1) is 0 Å². The van der Waals surface area contributed by atoms with E-state index in [1.165, 1.54) is 0 Å². The fraction of sp³-hybridized carbons (Fsp3) is 0.429. The highest BCUT2D eigenvalue weighted by Gasteiger charge is 2.06. The van der Waals surface area contributed by atoms with Crippen molar-refractivity contribution in [2.24, 2.45) is 0 Å². The largest absolute Gasteiger partial charge is 0.410 e. The topological polar surface area (TPSA) is 44.1 Å². The van der Waals surface area contributed by atoms with E-state index in [1.807, 2.05) is 13.8 Å². The van der Waals surface area contributed by atoms with Gasteiger partial charge in [0.25, 0.3) is 0 Å². The van der Waals surface area contributed by atoms with Crippen molar-refractivity contribution in [1.29, 1.82) is 0 Å². The molecule has 0 saturated carbocycles. The summed E-state index contributed by atoms with van der Waals surface area (Å²) in [5.74, 6) is 0.245. The van der Waals surface area contributed by atoms with Crippen LogP contribution in [0.1, 0.15) is 12.6 Å². The van der Waals surface area contributed by atoms with Gasteiger partial charge in [-0.2, -0.15) is 0 Å². The Balaban J connectivity index is 2.82. The minimum absolute atomic E-state index is 0.245. The minimum atomic E-state index is -0.865. The van der Waals surface area contributed by atoms with Crippen molar-refractivity contribution >= 4 is 17.0 Å². The van der Waals surface area contributed by atoms with Crippen LogP contribution in [0.2, 0.25) is 0 Å². The zero-order valence-electron chi connectivity index (χ0n) is 6.87. The lowest BCUT2D eigenvalue weighted by Crippen LogP contribution is -2.00. The molecule has 0 aliphatic carbocycles. The molecule has 1 heterocycles. The van der Waals surface area contributed by atoms with Gasteiger partial charge in [-0.05, 0) is 13.8 Å². The number of rotatable bonds is 2. The average Bonchev–Trinajstić information content (AvgIpc) is 2.29. The molecule has 0 radical (unpaired) electrons. The maximum atomic E-state index is 10.3. The Bertz CT molecular complexity index is 296. The van der Waals surface area contributed by atoms with Crippen molar-refractivity contribution in [1.82, 2.24) is 9.78 Å².